The molecule has 0 saturated carbocycles. The summed E-state index contributed by atoms with van der Waals surface area (Å²) in [5.74, 6) is 0. The summed E-state index contributed by atoms with van der Waals surface area (Å²) >= 11 is 0. The molecule has 0 spiro atoms. The van der Waals surface area contributed by atoms with Gasteiger partial charge >= 0.3 is 6.09 Å². The summed E-state index contributed by atoms with van der Waals surface area (Å²) in [6.45, 7) is 15.2. The molecule has 0 heterocycles. The third kappa shape index (κ3) is 6.77. The molecule has 0 rings (SSSR count). The molecule has 0 aromatic heterocycles. The molecule has 1 amide bonds. The molecule has 0 aromatic rings. The maximum Gasteiger partial charge on any atom is 0.434 e. The highest BCUT2D eigenvalue weighted by Crippen LogP contribution is 2.36. The van der Waals surface area contributed by atoms with E-state index in [1.165, 1.54) is 0 Å². The zero-order valence-corrected chi connectivity index (χ0v) is 15.6. The lowest BCUT2D eigenvalue weighted by Gasteiger charge is -2.38. The van der Waals surface area contributed by atoms with Crippen LogP contribution < -0.4 is 0 Å². The van der Waals surface area contributed by atoms with Crippen molar-refractivity contribution < 1.29 is 24.3 Å². The highest BCUT2D eigenvalue weighted by Gasteiger charge is 2.38. The van der Waals surface area contributed by atoms with E-state index in [9.17, 15) is 15.1 Å². The van der Waals surface area contributed by atoms with Gasteiger partial charge in [0.15, 0.2) is 8.32 Å². The van der Waals surface area contributed by atoms with Gasteiger partial charge in [0.2, 0.25) is 0 Å². The standard InChI is InChI=1S/C14H31NO5Si/c1-13(2,3)20-12(17)15(18)11(9-16)10-19-21(7,8)14(4,5)6/h11,16,18H,9-10H2,1-8H3. The van der Waals surface area contributed by atoms with E-state index in [0.29, 0.717) is 5.06 Å². The number of aliphatic hydroxyl groups excluding tert-OH is 1. The van der Waals surface area contributed by atoms with E-state index in [0.717, 1.165) is 0 Å². The van der Waals surface area contributed by atoms with Crippen LogP contribution in [0.4, 0.5) is 4.79 Å². The summed E-state index contributed by atoms with van der Waals surface area (Å²) in [5.41, 5.74) is -0.710. The third-order valence-electron chi connectivity index (χ3n) is 3.58. The quantitative estimate of drug-likeness (QED) is 0.462. The van der Waals surface area contributed by atoms with Crippen molar-refractivity contribution in [3.63, 3.8) is 0 Å². The summed E-state index contributed by atoms with van der Waals surface area (Å²) < 4.78 is 11.0. The fourth-order valence-corrected chi connectivity index (χ4v) is 2.22. The normalized spacial score (nSPS) is 14.8. The number of hydrogen-bond acceptors (Lipinski definition) is 5. The summed E-state index contributed by atoms with van der Waals surface area (Å²) in [6, 6.07) is -0.839. The minimum Gasteiger partial charge on any atom is -0.442 e. The van der Waals surface area contributed by atoms with Gasteiger partial charge in [-0.25, -0.2) is 4.79 Å². The van der Waals surface area contributed by atoms with Crippen molar-refractivity contribution in [2.75, 3.05) is 13.2 Å². The average Bonchev–Trinajstić information content (AvgIpc) is 2.25. The Kier molecular flexibility index (Phi) is 6.87. The summed E-state index contributed by atoms with van der Waals surface area (Å²) in [7, 11) is -2.01. The van der Waals surface area contributed by atoms with E-state index in [-0.39, 0.29) is 11.6 Å². The van der Waals surface area contributed by atoms with Crippen molar-refractivity contribution in [2.45, 2.75) is 71.3 Å². The molecular formula is C14H31NO5Si. The highest BCUT2D eigenvalue weighted by atomic mass is 28.4. The van der Waals surface area contributed by atoms with E-state index in [2.05, 4.69) is 33.9 Å². The van der Waals surface area contributed by atoms with E-state index in [1.807, 2.05) is 0 Å². The second-order valence-corrected chi connectivity index (χ2v) is 12.5. The number of rotatable bonds is 5. The number of hydrogen-bond donors (Lipinski definition) is 2. The van der Waals surface area contributed by atoms with Gasteiger partial charge in [0, 0.05) is 0 Å². The lowest BCUT2D eigenvalue weighted by molar-refractivity contribution is -0.136. The van der Waals surface area contributed by atoms with Gasteiger partial charge in [0.25, 0.3) is 0 Å². The van der Waals surface area contributed by atoms with Gasteiger partial charge in [0.1, 0.15) is 11.6 Å². The molecule has 0 aliphatic rings. The van der Waals surface area contributed by atoms with E-state index >= 15 is 0 Å². The maximum atomic E-state index is 11.8. The summed E-state index contributed by atoms with van der Waals surface area (Å²) in [5, 5.41) is 19.7. The smallest absolute Gasteiger partial charge is 0.434 e. The topological polar surface area (TPSA) is 79.2 Å². The second kappa shape index (κ2) is 7.08. The summed E-state index contributed by atoms with van der Waals surface area (Å²) in [6.07, 6.45) is -0.889. The minimum atomic E-state index is -2.01. The molecule has 0 fully saturated rings. The van der Waals surface area contributed by atoms with Crippen LogP contribution in [0.25, 0.3) is 0 Å². The molecule has 1 unspecified atom stereocenters. The Morgan fingerprint density at radius 1 is 1.19 bits per heavy atom. The van der Waals surface area contributed by atoms with Crippen molar-refractivity contribution in [2.24, 2.45) is 0 Å². The number of nitrogens with zero attached hydrogens (tertiary/aromatic N) is 1. The van der Waals surface area contributed by atoms with Gasteiger partial charge in [-0.15, -0.1) is 0 Å². The number of ether oxygens (including phenoxy) is 1. The maximum absolute atomic E-state index is 11.8. The highest BCUT2D eigenvalue weighted by molar-refractivity contribution is 6.74. The fraction of sp³-hybridized carbons (Fsp3) is 0.929. The van der Waals surface area contributed by atoms with Crippen LogP contribution in [0.1, 0.15) is 41.5 Å². The average molecular weight is 321 g/mol. The molecule has 0 bridgehead atoms. The van der Waals surface area contributed by atoms with Crippen molar-refractivity contribution >= 4 is 14.4 Å². The molecule has 7 heteroatoms. The molecule has 0 aliphatic carbocycles. The van der Waals surface area contributed by atoms with Gasteiger partial charge < -0.3 is 14.3 Å². The molecule has 126 valence electrons. The van der Waals surface area contributed by atoms with Gasteiger partial charge in [-0.05, 0) is 38.9 Å². The molecule has 2 N–H and O–H groups in total. The van der Waals surface area contributed by atoms with Crippen LogP contribution >= 0.6 is 0 Å². The van der Waals surface area contributed by atoms with E-state index < -0.39 is 32.7 Å². The van der Waals surface area contributed by atoms with Crippen LogP contribution in [0.5, 0.6) is 0 Å². The lowest BCUT2D eigenvalue weighted by atomic mass is 10.2. The zero-order valence-electron chi connectivity index (χ0n) is 14.6. The fourth-order valence-electron chi connectivity index (χ4n) is 1.18. The Balaban J connectivity index is 4.69. The Morgan fingerprint density at radius 3 is 2.00 bits per heavy atom. The lowest BCUT2D eigenvalue weighted by Crippen LogP contribution is -2.49. The molecule has 0 aromatic carbocycles. The minimum absolute atomic E-state index is 0.0131. The zero-order chi connectivity index (χ0) is 17.1. The molecular weight excluding hydrogens is 290 g/mol. The molecule has 1 atom stereocenters. The second-order valence-electron chi connectivity index (χ2n) is 7.73. The number of carbonyl (C=O) groups is 1. The summed E-state index contributed by atoms with van der Waals surface area (Å²) in [4.78, 5) is 11.8. The molecule has 0 radical (unpaired) electrons. The van der Waals surface area contributed by atoms with Crippen molar-refractivity contribution in [3.05, 3.63) is 0 Å². The van der Waals surface area contributed by atoms with Crippen LogP contribution in [0.15, 0.2) is 0 Å². The Morgan fingerprint density at radius 2 is 1.67 bits per heavy atom. The van der Waals surface area contributed by atoms with E-state index in [4.69, 9.17) is 9.16 Å². The SMILES string of the molecule is CC(C)(C)OC(=O)N(O)C(CO)CO[Si](C)(C)C(C)(C)C. The third-order valence-corrected chi connectivity index (χ3v) is 8.08. The van der Waals surface area contributed by atoms with Crippen molar-refractivity contribution in [1.82, 2.24) is 5.06 Å². The van der Waals surface area contributed by atoms with Crippen molar-refractivity contribution in [3.8, 4) is 0 Å². The first-order valence-corrected chi connectivity index (χ1v) is 10.1. The van der Waals surface area contributed by atoms with Crippen LogP contribution in [0, 0.1) is 0 Å². The number of aliphatic hydroxyl groups is 1. The van der Waals surface area contributed by atoms with E-state index in [1.54, 1.807) is 20.8 Å². The first-order valence-electron chi connectivity index (χ1n) is 7.17. The molecule has 0 aliphatic heterocycles. The molecule has 0 saturated heterocycles. The van der Waals surface area contributed by atoms with Crippen molar-refractivity contribution in [1.29, 1.82) is 0 Å². The number of amides is 1. The molecule has 6 nitrogen and oxygen atoms in total. The predicted octanol–water partition coefficient (Wildman–Crippen LogP) is 3.00. The first-order chi connectivity index (χ1) is 9.21. The monoisotopic (exact) mass is 321 g/mol. The van der Waals surface area contributed by atoms with Gasteiger partial charge in [-0.2, -0.15) is 5.06 Å². The van der Waals surface area contributed by atoms with Crippen LogP contribution in [0.3, 0.4) is 0 Å². The molecule has 21 heavy (non-hydrogen) atoms. The van der Waals surface area contributed by atoms with Gasteiger partial charge in [-0.1, -0.05) is 20.8 Å². The van der Waals surface area contributed by atoms with Crippen LogP contribution in [-0.2, 0) is 9.16 Å². The van der Waals surface area contributed by atoms with Gasteiger partial charge in [0.05, 0.1) is 13.2 Å². The number of hydroxylamine groups is 2. The van der Waals surface area contributed by atoms with Crippen LogP contribution in [0.2, 0.25) is 18.1 Å². The number of carbonyl (C=O) groups excluding carboxylic acids is 1. The van der Waals surface area contributed by atoms with Crippen LogP contribution in [-0.4, -0.2) is 54.6 Å². The first kappa shape index (κ1) is 20.4. The largest absolute Gasteiger partial charge is 0.442 e. The van der Waals surface area contributed by atoms with Gasteiger partial charge in [-0.3, -0.25) is 5.21 Å². The Hall–Kier alpha value is -0.633. The Bertz CT molecular complexity index is 346. The predicted molar refractivity (Wildman–Crippen MR) is 83.9 cm³/mol. The Labute approximate surface area is 129 Å².